The Hall–Kier alpha value is -0.800. The summed E-state index contributed by atoms with van der Waals surface area (Å²) >= 11 is 11.6. The predicted molar refractivity (Wildman–Crippen MR) is 61.7 cm³/mol. The Morgan fingerprint density at radius 2 is 2.20 bits per heavy atom. The predicted octanol–water partition coefficient (Wildman–Crippen LogP) is 3.81. The van der Waals surface area contributed by atoms with Gasteiger partial charge in [0, 0.05) is 22.0 Å². The molecule has 0 heterocycles. The summed E-state index contributed by atoms with van der Waals surface area (Å²) in [6.45, 7) is 1.86. The lowest BCUT2D eigenvalue weighted by Crippen LogP contribution is -1.99. The molecule has 15 heavy (non-hydrogen) atoms. The van der Waals surface area contributed by atoms with Crippen molar-refractivity contribution >= 4 is 28.9 Å². The Kier molecular flexibility index (Phi) is 4.36. The van der Waals surface area contributed by atoms with Gasteiger partial charge in [-0.15, -0.1) is 11.6 Å². The summed E-state index contributed by atoms with van der Waals surface area (Å²) in [7, 11) is 0. The first-order valence-corrected chi connectivity index (χ1v) is 5.39. The number of aryl methyl sites for hydroxylation is 1. The van der Waals surface area contributed by atoms with Crippen LogP contribution in [0.15, 0.2) is 18.2 Å². The minimum absolute atomic E-state index is 0.00332. The van der Waals surface area contributed by atoms with Gasteiger partial charge in [0.2, 0.25) is 0 Å². The smallest absolute Gasteiger partial charge is 0.258 e. The Morgan fingerprint density at radius 3 is 2.73 bits per heavy atom. The number of halogens is 2. The van der Waals surface area contributed by atoms with E-state index in [0.29, 0.717) is 23.4 Å². The summed E-state index contributed by atoms with van der Waals surface area (Å²) in [5.41, 5.74) is 0.747. The van der Waals surface area contributed by atoms with E-state index in [1.54, 1.807) is 6.07 Å². The maximum Gasteiger partial charge on any atom is 0.272 e. The number of hydrogen-bond donors (Lipinski definition) is 0. The van der Waals surface area contributed by atoms with Gasteiger partial charge in [0.05, 0.1) is 4.92 Å². The summed E-state index contributed by atoms with van der Waals surface area (Å²) in [6, 6.07) is 4.57. The van der Waals surface area contributed by atoms with E-state index >= 15 is 0 Å². The van der Waals surface area contributed by atoms with Crippen LogP contribution < -0.4 is 0 Å². The fourth-order valence-electron chi connectivity index (χ4n) is 1.29. The molecule has 0 bridgehead atoms. The van der Waals surface area contributed by atoms with E-state index in [4.69, 9.17) is 23.2 Å². The zero-order valence-electron chi connectivity index (χ0n) is 8.24. The van der Waals surface area contributed by atoms with Crippen LogP contribution in [0.5, 0.6) is 0 Å². The van der Waals surface area contributed by atoms with Crippen LogP contribution in [-0.2, 0) is 6.42 Å². The summed E-state index contributed by atoms with van der Waals surface area (Å²) in [4.78, 5) is 10.3. The van der Waals surface area contributed by atoms with Crippen molar-refractivity contribution in [2.75, 3.05) is 0 Å². The van der Waals surface area contributed by atoms with Crippen LogP contribution in [-0.4, -0.2) is 10.3 Å². The average Bonchev–Trinajstić information content (AvgIpc) is 2.14. The van der Waals surface area contributed by atoms with Crippen molar-refractivity contribution in [3.8, 4) is 0 Å². The third kappa shape index (κ3) is 3.68. The number of nitro benzene ring substituents is 1. The first kappa shape index (κ1) is 12.3. The maximum absolute atomic E-state index is 10.7. The Labute approximate surface area is 98.2 Å². The Bertz CT molecular complexity index is 366. The van der Waals surface area contributed by atoms with Crippen LogP contribution in [0.3, 0.4) is 0 Å². The van der Waals surface area contributed by atoms with Crippen LogP contribution in [0, 0.1) is 10.1 Å². The molecule has 1 unspecified atom stereocenters. The first-order valence-electron chi connectivity index (χ1n) is 4.57. The van der Waals surface area contributed by atoms with Crippen molar-refractivity contribution in [2.24, 2.45) is 0 Å². The molecule has 0 saturated heterocycles. The van der Waals surface area contributed by atoms with Gasteiger partial charge in [0.15, 0.2) is 0 Å². The normalized spacial score (nSPS) is 12.5. The Balaban J connectivity index is 2.92. The van der Waals surface area contributed by atoms with Crippen LogP contribution in [0.4, 0.5) is 5.69 Å². The molecule has 0 aromatic heterocycles. The van der Waals surface area contributed by atoms with Gasteiger partial charge in [-0.2, -0.15) is 0 Å². The molecule has 3 nitrogen and oxygen atoms in total. The molecular weight excluding hydrogens is 237 g/mol. The molecule has 5 heteroatoms. The standard InChI is InChI=1S/C10H11Cl2NO2/c1-7(11)2-3-8-6-9(12)4-5-10(8)13(14)15/h4-7H,2-3H2,1H3. The van der Waals surface area contributed by atoms with E-state index in [2.05, 4.69) is 0 Å². The van der Waals surface area contributed by atoms with Crippen molar-refractivity contribution in [1.82, 2.24) is 0 Å². The number of benzene rings is 1. The molecule has 0 amide bonds. The molecule has 0 aliphatic rings. The Morgan fingerprint density at radius 1 is 1.53 bits per heavy atom. The van der Waals surface area contributed by atoms with E-state index in [1.807, 2.05) is 6.92 Å². The van der Waals surface area contributed by atoms with Gasteiger partial charge in [0.1, 0.15) is 0 Å². The van der Waals surface area contributed by atoms with E-state index in [-0.39, 0.29) is 11.1 Å². The molecule has 1 rings (SSSR count). The molecule has 0 fully saturated rings. The van der Waals surface area contributed by atoms with Gasteiger partial charge < -0.3 is 0 Å². The number of alkyl halides is 1. The second-order valence-electron chi connectivity index (χ2n) is 3.35. The van der Waals surface area contributed by atoms with Crippen LogP contribution in [0.2, 0.25) is 5.02 Å². The van der Waals surface area contributed by atoms with Crippen molar-refractivity contribution < 1.29 is 4.92 Å². The summed E-state index contributed by atoms with van der Waals surface area (Å²) in [5.74, 6) is 0. The quantitative estimate of drug-likeness (QED) is 0.462. The van der Waals surface area contributed by atoms with Gasteiger partial charge in [-0.1, -0.05) is 11.6 Å². The van der Waals surface area contributed by atoms with Crippen LogP contribution in [0.1, 0.15) is 18.9 Å². The summed E-state index contributed by atoms with van der Waals surface area (Å²) < 4.78 is 0. The summed E-state index contributed by atoms with van der Waals surface area (Å²) in [5, 5.41) is 11.2. The topological polar surface area (TPSA) is 43.1 Å². The highest BCUT2D eigenvalue weighted by Gasteiger charge is 2.13. The second-order valence-corrected chi connectivity index (χ2v) is 4.53. The minimum Gasteiger partial charge on any atom is -0.258 e. The minimum atomic E-state index is -0.398. The molecule has 0 aliphatic carbocycles. The molecule has 0 aliphatic heterocycles. The second kappa shape index (κ2) is 5.33. The molecule has 0 spiro atoms. The SMILES string of the molecule is CC(Cl)CCc1cc(Cl)ccc1[N+](=O)[O-]. The van der Waals surface area contributed by atoms with Crippen molar-refractivity contribution in [3.05, 3.63) is 38.9 Å². The number of hydrogen-bond acceptors (Lipinski definition) is 2. The van der Waals surface area contributed by atoms with Gasteiger partial charge in [-0.25, -0.2) is 0 Å². The molecule has 82 valence electrons. The van der Waals surface area contributed by atoms with Gasteiger partial charge in [0.25, 0.3) is 5.69 Å². The molecular formula is C10H11Cl2NO2. The fraction of sp³-hybridized carbons (Fsp3) is 0.400. The van der Waals surface area contributed by atoms with Crippen molar-refractivity contribution in [2.45, 2.75) is 25.1 Å². The molecule has 1 atom stereocenters. The van der Waals surface area contributed by atoms with Gasteiger partial charge >= 0.3 is 0 Å². The molecule has 1 aromatic rings. The third-order valence-corrected chi connectivity index (χ3v) is 2.50. The molecule has 1 aromatic carbocycles. The number of rotatable bonds is 4. The molecule has 0 N–H and O–H groups in total. The summed E-state index contributed by atoms with van der Waals surface area (Å²) in [6.07, 6.45) is 1.27. The monoisotopic (exact) mass is 247 g/mol. The lowest BCUT2D eigenvalue weighted by molar-refractivity contribution is -0.385. The van der Waals surface area contributed by atoms with E-state index in [0.717, 1.165) is 0 Å². The van der Waals surface area contributed by atoms with E-state index in [1.165, 1.54) is 12.1 Å². The number of nitrogens with zero attached hydrogens (tertiary/aromatic N) is 1. The lowest BCUT2D eigenvalue weighted by Gasteiger charge is -2.04. The zero-order chi connectivity index (χ0) is 11.4. The zero-order valence-corrected chi connectivity index (χ0v) is 9.76. The van der Waals surface area contributed by atoms with E-state index < -0.39 is 4.92 Å². The van der Waals surface area contributed by atoms with Crippen LogP contribution >= 0.6 is 23.2 Å². The maximum atomic E-state index is 10.7. The van der Waals surface area contributed by atoms with Crippen molar-refractivity contribution in [3.63, 3.8) is 0 Å². The molecule has 0 radical (unpaired) electrons. The molecule has 0 saturated carbocycles. The van der Waals surface area contributed by atoms with Crippen molar-refractivity contribution in [1.29, 1.82) is 0 Å². The lowest BCUT2D eigenvalue weighted by atomic mass is 10.1. The first-order chi connectivity index (χ1) is 7.00. The van der Waals surface area contributed by atoms with Crippen LogP contribution in [0.25, 0.3) is 0 Å². The highest BCUT2D eigenvalue weighted by molar-refractivity contribution is 6.30. The fourth-order valence-corrected chi connectivity index (χ4v) is 1.59. The van der Waals surface area contributed by atoms with Gasteiger partial charge in [-0.05, 0) is 31.9 Å². The van der Waals surface area contributed by atoms with Gasteiger partial charge in [-0.3, -0.25) is 10.1 Å². The third-order valence-electron chi connectivity index (χ3n) is 2.05. The number of nitro groups is 1. The average molecular weight is 248 g/mol. The highest BCUT2D eigenvalue weighted by atomic mass is 35.5. The van der Waals surface area contributed by atoms with E-state index in [9.17, 15) is 10.1 Å². The largest absolute Gasteiger partial charge is 0.272 e. The highest BCUT2D eigenvalue weighted by Crippen LogP contribution is 2.24.